The van der Waals surface area contributed by atoms with Crippen molar-refractivity contribution in [2.75, 3.05) is 24.5 Å². The number of carbonyl (C=O) groups excluding carboxylic acids is 1. The third kappa shape index (κ3) is 4.39. The molecular formula is C20H21ClN4OS. The van der Waals surface area contributed by atoms with Gasteiger partial charge in [0.05, 0.1) is 5.92 Å². The highest BCUT2D eigenvalue weighted by Crippen LogP contribution is 2.30. The van der Waals surface area contributed by atoms with Gasteiger partial charge in [-0.2, -0.15) is 0 Å². The number of nitrogens with zero attached hydrogens (tertiary/aromatic N) is 3. The van der Waals surface area contributed by atoms with Crippen molar-refractivity contribution in [2.24, 2.45) is 5.92 Å². The Balaban J connectivity index is 1.33. The molecule has 1 fully saturated rings. The van der Waals surface area contributed by atoms with Gasteiger partial charge in [-0.05, 0) is 49.1 Å². The molecule has 3 aromatic rings. The number of anilines is 1. The van der Waals surface area contributed by atoms with Gasteiger partial charge in [0.25, 0.3) is 0 Å². The monoisotopic (exact) mass is 400 g/mol. The van der Waals surface area contributed by atoms with Crippen LogP contribution in [0.15, 0.2) is 42.6 Å². The molecule has 1 aliphatic heterocycles. The number of piperidine rings is 1. The first kappa shape index (κ1) is 18.2. The van der Waals surface area contributed by atoms with Gasteiger partial charge in [0.2, 0.25) is 5.91 Å². The first-order chi connectivity index (χ1) is 13.2. The zero-order valence-electron chi connectivity index (χ0n) is 14.9. The quantitative estimate of drug-likeness (QED) is 0.705. The molecule has 1 aliphatic rings. The predicted octanol–water partition coefficient (Wildman–Crippen LogP) is 3.92. The van der Waals surface area contributed by atoms with E-state index in [0.717, 1.165) is 46.3 Å². The van der Waals surface area contributed by atoms with Crippen molar-refractivity contribution >= 4 is 44.3 Å². The fourth-order valence-electron chi connectivity index (χ4n) is 3.38. The van der Waals surface area contributed by atoms with Gasteiger partial charge >= 0.3 is 0 Å². The van der Waals surface area contributed by atoms with Crippen LogP contribution in [-0.2, 0) is 11.2 Å². The molecule has 4 rings (SSSR count). The Labute approximate surface area is 167 Å². The second-order valence-corrected chi connectivity index (χ2v) is 8.17. The van der Waals surface area contributed by atoms with E-state index in [9.17, 15) is 4.79 Å². The van der Waals surface area contributed by atoms with E-state index in [1.807, 2.05) is 36.4 Å². The number of fused-ring (bicyclic) bond motifs is 1. The molecule has 0 saturated carbocycles. The smallest absolute Gasteiger partial charge is 0.224 e. The lowest BCUT2D eigenvalue weighted by Gasteiger charge is -2.31. The second-order valence-electron chi connectivity index (χ2n) is 6.78. The van der Waals surface area contributed by atoms with Crippen LogP contribution in [0.3, 0.4) is 0 Å². The Morgan fingerprint density at radius 1 is 1.30 bits per heavy atom. The fourth-order valence-corrected chi connectivity index (χ4v) is 4.45. The van der Waals surface area contributed by atoms with Crippen LogP contribution in [0.1, 0.15) is 18.4 Å². The lowest BCUT2D eigenvalue weighted by molar-refractivity contribution is -0.125. The largest absolute Gasteiger partial charge is 0.355 e. The van der Waals surface area contributed by atoms with E-state index in [4.69, 9.17) is 11.6 Å². The minimum Gasteiger partial charge on any atom is -0.355 e. The first-order valence-electron chi connectivity index (χ1n) is 9.18. The summed E-state index contributed by atoms with van der Waals surface area (Å²) in [5.41, 5.74) is 2.10. The zero-order chi connectivity index (χ0) is 18.6. The highest BCUT2D eigenvalue weighted by Gasteiger charge is 2.27. The van der Waals surface area contributed by atoms with Crippen LogP contribution in [0.4, 0.5) is 5.13 Å². The third-order valence-corrected chi connectivity index (χ3v) is 6.14. The second kappa shape index (κ2) is 8.23. The molecule has 3 heterocycles. The molecule has 0 radical (unpaired) electrons. The maximum atomic E-state index is 12.6. The summed E-state index contributed by atoms with van der Waals surface area (Å²) in [6.45, 7) is 2.29. The van der Waals surface area contributed by atoms with E-state index in [1.165, 1.54) is 5.56 Å². The maximum Gasteiger partial charge on any atom is 0.224 e. The number of benzene rings is 1. The van der Waals surface area contributed by atoms with Crippen LogP contribution in [0.25, 0.3) is 10.3 Å². The number of thiazole rings is 1. The van der Waals surface area contributed by atoms with Crippen molar-refractivity contribution in [1.82, 2.24) is 15.3 Å². The van der Waals surface area contributed by atoms with E-state index in [-0.39, 0.29) is 11.8 Å². The number of nitrogens with one attached hydrogen (secondary N) is 1. The Morgan fingerprint density at radius 3 is 2.96 bits per heavy atom. The molecular weight excluding hydrogens is 380 g/mol. The Hall–Kier alpha value is -2.18. The van der Waals surface area contributed by atoms with Crippen molar-refractivity contribution in [1.29, 1.82) is 0 Å². The Morgan fingerprint density at radius 2 is 2.15 bits per heavy atom. The van der Waals surface area contributed by atoms with Gasteiger partial charge in [-0.15, -0.1) is 0 Å². The molecule has 0 bridgehead atoms. The summed E-state index contributed by atoms with van der Waals surface area (Å²) in [4.78, 5) is 24.8. The van der Waals surface area contributed by atoms with Crippen molar-refractivity contribution in [3.63, 3.8) is 0 Å². The van der Waals surface area contributed by atoms with Gasteiger partial charge in [0, 0.05) is 30.9 Å². The van der Waals surface area contributed by atoms with Crippen LogP contribution in [0.2, 0.25) is 5.02 Å². The van der Waals surface area contributed by atoms with Gasteiger partial charge in [-0.25, -0.2) is 9.97 Å². The summed E-state index contributed by atoms with van der Waals surface area (Å²) in [6.07, 6.45) is 4.52. The summed E-state index contributed by atoms with van der Waals surface area (Å²) < 4.78 is 0. The normalized spacial score (nSPS) is 17.2. The number of aromatic nitrogens is 2. The Kier molecular flexibility index (Phi) is 5.55. The van der Waals surface area contributed by atoms with E-state index in [0.29, 0.717) is 13.1 Å². The van der Waals surface area contributed by atoms with Crippen LogP contribution in [0.5, 0.6) is 0 Å². The SMILES string of the molecule is O=C(NCCc1ccc(Cl)cc1)[C@@H]1CCCN(c2nc3cccnc3s2)C1. The number of carbonyl (C=O) groups is 1. The Bertz CT molecular complexity index is 894. The standard InChI is InChI=1S/C20H21ClN4OS/c21-16-7-5-14(6-8-16)9-11-22-18(26)15-3-2-12-25(13-15)20-24-17-4-1-10-23-19(17)27-20/h1,4-8,10,15H,2-3,9,11-13H2,(H,22,26)/t15-/m1/s1. The van der Waals surface area contributed by atoms with Gasteiger partial charge in [0.15, 0.2) is 5.13 Å². The average Bonchev–Trinajstić information content (AvgIpc) is 3.14. The average molecular weight is 401 g/mol. The number of amides is 1. The molecule has 1 aromatic carbocycles. The summed E-state index contributed by atoms with van der Waals surface area (Å²) in [7, 11) is 0. The van der Waals surface area contributed by atoms with E-state index in [1.54, 1.807) is 17.5 Å². The lowest BCUT2D eigenvalue weighted by Crippen LogP contribution is -2.43. The molecule has 1 saturated heterocycles. The number of halogens is 1. The number of hydrogen-bond acceptors (Lipinski definition) is 5. The summed E-state index contributed by atoms with van der Waals surface area (Å²) >= 11 is 7.50. The molecule has 2 aromatic heterocycles. The maximum absolute atomic E-state index is 12.6. The highest BCUT2D eigenvalue weighted by atomic mass is 35.5. The molecule has 1 N–H and O–H groups in total. The fraction of sp³-hybridized carbons (Fsp3) is 0.350. The lowest BCUT2D eigenvalue weighted by atomic mass is 9.97. The van der Waals surface area contributed by atoms with Gasteiger partial charge in [-0.1, -0.05) is 35.1 Å². The molecule has 7 heteroatoms. The summed E-state index contributed by atoms with van der Waals surface area (Å²) in [5, 5.41) is 4.78. The zero-order valence-corrected chi connectivity index (χ0v) is 16.5. The van der Waals surface area contributed by atoms with Crippen LogP contribution in [0, 0.1) is 5.92 Å². The molecule has 0 spiro atoms. The van der Waals surface area contributed by atoms with E-state index in [2.05, 4.69) is 20.2 Å². The van der Waals surface area contributed by atoms with E-state index >= 15 is 0 Å². The minimum absolute atomic E-state index is 0.00365. The van der Waals surface area contributed by atoms with Crippen LogP contribution >= 0.6 is 22.9 Å². The van der Waals surface area contributed by atoms with Crippen molar-refractivity contribution < 1.29 is 4.79 Å². The van der Waals surface area contributed by atoms with Crippen LogP contribution < -0.4 is 10.2 Å². The molecule has 1 amide bonds. The van der Waals surface area contributed by atoms with Gasteiger partial charge < -0.3 is 10.2 Å². The van der Waals surface area contributed by atoms with Crippen LogP contribution in [-0.4, -0.2) is 35.5 Å². The van der Waals surface area contributed by atoms with Gasteiger partial charge in [-0.3, -0.25) is 4.79 Å². The highest BCUT2D eigenvalue weighted by molar-refractivity contribution is 7.21. The van der Waals surface area contributed by atoms with E-state index < -0.39 is 0 Å². The first-order valence-corrected chi connectivity index (χ1v) is 10.4. The van der Waals surface area contributed by atoms with Gasteiger partial charge in [0.1, 0.15) is 10.3 Å². The van der Waals surface area contributed by atoms with Crippen molar-refractivity contribution in [3.8, 4) is 0 Å². The summed E-state index contributed by atoms with van der Waals surface area (Å²) in [6, 6.07) is 11.6. The number of pyridine rings is 1. The third-order valence-electron chi connectivity index (χ3n) is 4.84. The minimum atomic E-state index is 0.00365. The molecule has 140 valence electrons. The predicted molar refractivity (Wildman–Crippen MR) is 111 cm³/mol. The molecule has 5 nitrogen and oxygen atoms in total. The summed E-state index contributed by atoms with van der Waals surface area (Å²) in [5.74, 6) is 0.136. The number of rotatable bonds is 5. The molecule has 0 aliphatic carbocycles. The number of hydrogen-bond donors (Lipinski definition) is 1. The van der Waals surface area contributed by atoms with Crippen molar-refractivity contribution in [2.45, 2.75) is 19.3 Å². The topological polar surface area (TPSA) is 58.1 Å². The molecule has 0 unspecified atom stereocenters. The molecule has 1 atom stereocenters. The molecule has 27 heavy (non-hydrogen) atoms. The van der Waals surface area contributed by atoms with Crippen molar-refractivity contribution in [3.05, 3.63) is 53.2 Å².